The molecule has 1 saturated heterocycles. The van der Waals surface area contributed by atoms with Crippen molar-refractivity contribution in [1.29, 1.82) is 0 Å². The van der Waals surface area contributed by atoms with Crippen LogP contribution in [0.1, 0.15) is 24.8 Å². The highest BCUT2D eigenvalue weighted by Crippen LogP contribution is 2.54. The molecule has 2 aliphatic carbocycles. The molecule has 1 aliphatic heterocycles. The Morgan fingerprint density at radius 3 is 2.90 bits per heavy atom. The third-order valence-electron chi connectivity index (χ3n) is 5.16. The number of hydrogen-bond acceptors (Lipinski definition) is 3. The summed E-state index contributed by atoms with van der Waals surface area (Å²) in [7, 11) is 0. The van der Waals surface area contributed by atoms with Gasteiger partial charge in [0.15, 0.2) is 0 Å². The minimum Gasteiger partial charge on any atom is -0.455 e. The monoisotopic (exact) mass is 270 g/mol. The van der Waals surface area contributed by atoms with Crippen LogP contribution in [-0.2, 0) is 16.0 Å². The Morgan fingerprint density at radius 2 is 2.10 bits per heavy atom. The number of carbonyl (C=O) groups is 1. The lowest BCUT2D eigenvalue weighted by Gasteiger charge is -2.31. The van der Waals surface area contributed by atoms with Crippen molar-refractivity contribution in [3.8, 4) is 0 Å². The number of hydrogen-bond donors (Lipinski definition) is 1. The number of esters is 1. The van der Waals surface area contributed by atoms with Crippen LogP contribution in [-0.4, -0.2) is 22.8 Å². The van der Waals surface area contributed by atoms with Crippen LogP contribution in [0.5, 0.6) is 0 Å². The van der Waals surface area contributed by atoms with E-state index in [1.165, 1.54) is 5.56 Å². The van der Waals surface area contributed by atoms with Gasteiger partial charge in [0.2, 0.25) is 0 Å². The first kappa shape index (κ1) is 12.2. The normalized spacial score (nSPS) is 38.4. The van der Waals surface area contributed by atoms with Crippen LogP contribution in [0.3, 0.4) is 0 Å². The summed E-state index contributed by atoms with van der Waals surface area (Å²) in [4.78, 5) is 12.0. The van der Waals surface area contributed by atoms with Crippen LogP contribution < -0.4 is 0 Å². The van der Waals surface area contributed by atoms with Crippen molar-refractivity contribution in [2.24, 2.45) is 11.8 Å². The molecular formula is C17H18O3. The molecule has 0 amide bonds. The summed E-state index contributed by atoms with van der Waals surface area (Å²) in [5, 5.41) is 11.0. The van der Waals surface area contributed by atoms with Gasteiger partial charge in [-0.2, -0.15) is 0 Å². The van der Waals surface area contributed by atoms with Crippen LogP contribution >= 0.6 is 0 Å². The van der Waals surface area contributed by atoms with E-state index in [4.69, 9.17) is 4.74 Å². The smallest absolute Gasteiger partial charge is 0.337 e. The number of benzene rings is 1. The molecule has 0 radical (unpaired) electrons. The summed E-state index contributed by atoms with van der Waals surface area (Å²) < 4.78 is 5.53. The van der Waals surface area contributed by atoms with E-state index < -0.39 is 5.60 Å². The maximum atomic E-state index is 12.0. The average Bonchev–Trinajstić information content (AvgIpc) is 2.88. The van der Waals surface area contributed by atoms with E-state index >= 15 is 0 Å². The van der Waals surface area contributed by atoms with Crippen LogP contribution in [0.15, 0.2) is 42.0 Å². The summed E-state index contributed by atoms with van der Waals surface area (Å²) in [6, 6.07) is 10.2. The SMILES string of the molecule is O=C1O[C@@H]2[C@H](Cc3ccccc3)C[C@@H]3CCC=C1[C@@]32O. The van der Waals surface area contributed by atoms with Crippen LogP contribution in [0, 0.1) is 11.8 Å². The van der Waals surface area contributed by atoms with Gasteiger partial charge in [0, 0.05) is 5.92 Å². The molecule has 0 bridgehead atoms. The Kier molecular flexibility index (Phi) is 2.55. The Hall–Kier alpha value is -1.61. The second kappa shape index (κ2) is 4.19. The maximum Gasteiger partial charge on any atom is 0.337 e. The van der Waals surface area contributed by atoms with Crippen molar-refractivity contribution in [2.75, 3.05) is 0 Å². The first-order valence-electron chi connectivity index (χ1n) is 7.37. The molecule has 0 spiro atoms. The van der Waals surface area contributed by atoms with Crippen molar-refractivity contribution in [2.45, 2.75) is 37.4 Å². The Bertz CT molecular complexity index is 577. The number of aliphatic hydroxyl groups is 1. The molecule has 3 heteroatoms. The average molecular weight is 270 g/mol. The first-order valence-corrected chi connectivity index (χ1v) is 7.37. The van der Waals surface area contributed by atoms with Gasteiger partial charge in [-0.3, -0.25) is 0 Å². The molecule has 0 unspecified atom stereocenters. The molecule has 1 heterocycles. The minimum atomic E-state index is -1.02. The van der Waals surface area contributed by atoms with E-state index in [0.717, 1.165) is 25.7 Å². The summed E-state index contributed by atoms with van der Waals surface area (Å²) >= 11 is 0. The zero-order chi connectivity index (χ0) is 13.7. The minimum absolute atomic E-state index is 0.174. The predicted octanol–water partition coefficient (Wildman–Crippen LogP) is 2.24. The van der Waals surface area contributed by atoms with Gasteiger partial charge in [-0.1, -0.05) is 36.4 Å². The fraction of sp³-hybridized carbons (Fsp3) is 0.471. The van der Waals surface area contributed by atoms with E-state index in [9.17, 15) is 9.90 Å². The van der Waals surface area contributed by atoms with Crippen molar-refractivity contribution in [3.05, 3.63) is 47.5 Å². The molecule has 3 nitrogen and oxygen atoms in total. The maximum absolute atomic E-state index is 12.0. The lowest BCUT2D eigenvalue weighted by Crippen LogP contribution is -2.43. The molecule has 2 fully saturated rings. The predicted molar refractivity (Wildman–Crippen MR) is 73.9 cm³/mol. The van der Waals surface area contributed by atoms with Gasteiger partial charge in [0.25, 0.3) is 0 Å². The van der Waals surface area contributed by atoms with Crippen LogP contribution in [0.2, 0.25) is 0 Å². The molecule has 4 rings (SSSR count). The van der Waals surface area contributed by atoms with E-state index in [0.29, 0.717) is 5.57 Å². The molecule has 20 heavy (non-hydrogen) atoms. The highest BCUT2D eigenvalue weighted by molar-refractivity contribution is 5.94. The zero-order valence-electron chi connectivity index (χ0n) is 11.3. The first-order chi connectivity index (χ1) is 9.69. The Labute approximate surface area is 118 Å². The third-order valence-corrected chi connectivity index (χ3v) is 5.16. The lowest BCUT2D eigenvalue weighted by atomic mass is 9.77. The lowest BCUT2D eigenvalue weighted by molar-refractivity contribution is -0.142. The number of ether oxygens (including phenoxy) is 1. The molecule has 1 saturated carbocycles. The fourth-order valence-corrected chi connectivity index (χ4v) is 4.28. The van der Waals surface area contributed by atoms with Gasteiger partial charge in [-0.05, 0) is 37.2 Å². The van der Waals surface area contributed by atoms with Crippen molar-refractivity contribution < 1.29 is 14.6 Å². The molecule has 3 aliphatic rings. The molecule has 1 N–H and O–H groups in total. The van der Waals surface area contributed by atoms with Crippen molar-refractivity contribution in [3.63, 3.8) is 0 Å². The van der Waals surface area contributed by atoms with Gasteiger partial charge in [-0.15, -0.1) is 0 Å². The van der Waals surface area contributed by atoms with Gasteiger partial charge >= 0.3 is 5.97 Å². The van der Waals surface area contributed by atoms with Crippen LogP contribution in [0.4, 0.5) is 0 Å². The van der Waals surface area contributed by atoms with Gasteiger partial charge in [0.1, 0.15) is 11.7 Å². The van der Waals surface area contributed by atoms with E-state index in [1.807, 2.05) is 24.3 Å². The molecule has 4 atom stereocenters. The summed E-state index contributed by atoms with van der Waals surface area (Å²) in [5.41, 5.74) is 0.747. The summed E-state index contributed by atoms with van der Waals surface area (Å²) in [6.45, 7) is 0. The zero-order valence-corrected chi connectivity index (χ0v) is 11.3. The van der Waals surface area contributed by atoms with E-state index in [2.05, 4.69) is 12.1 Å². The highest BCUT2D eigenvalue weighted by atomic mass is 16.6. The second-order valence-electron chi connectivity index (χ2n) is 6.23. The molecular weight excluding hydrogens is 252 g/mol. The molecule has 0 aromatic heterocycles. The quantitative estimate of drug-likeness (QED) is 0.838. The van der Waals surface area contributed by atoms with E-state index in [1.54, 1.807) is 0 Å². The van der Waals surface area contributed by atoms with Gasteiger partial charge < -0.3 is 9.84 Å². The summed E-state index contributed by atoms with van der Waals surface area (Å²) in [6.07, 6.45) is 5.17. The highest BCUT2D eigenvalue weighted by Gasteiger charge is 2.64. The number of allylic oxidation sites excluding steroid dienone is 1. The molecule has 104 valence electrons. The Balaban J connectivity index is 1.66. The van der Waals surface area contributed by atoms with Crippen LogP contribution in [0.25, 0.3) is 0 Å². The number of rotatable bonds is 2. The van der Waals surface area contributed by atoms with Crippen molar-refractivity contribution >= 4 is 5.97 Å². The third kappa shape index (κ3) is 1.53. The van der Waals surface area contributed by atoms with Gasteiger partial charge in [-0.25, -0.2) is 4.79 Å². The fourth-order valence-electron chi connectivity index (χ4n) is 4.28. The molecule has 1 aromatic rings. The number of carbonyl (C=O) groups excluding carboxylic acids is 1. The standard InChI is InChI=1S/C17H18O3/c18-16-14-8-4-7-13-10-12(15(20-16)17(13,14)19)9-11-5-2-1-3-6-11/h1-3,5-6,8,12-13,15,19H,4,7,9-10H2/t12-,13+,15-,17+/m1/s1. The van der Waals surface area contributed by atoms with E-state index in [-0.39, 0.29) is 23.9 Å². The molecule has 1 aromatic carbocycles. The Morgan fingerprint density at radius 1 is 1.30 bits per heavy atom. The second-order valence-corrected chi connectivity index (χ2v) is 6.23. The summed E-state index contributed by atoms with van der Waals surface area (Å²) in [5.74, 6) is 0.0907. The topological polar surface area (TPSA) is 46.5 Å². The largest absolute Gasteiger partial charge is 0.455 e. The van der Waals surface area contributed by atoms with Gasteiger partial charge in [0.05, 0.1) is 5.57 Å². The van der Waals surface area contributed by atoms with Crippen molar-refractivity contribution in [1.82, 2.24) is 0 Å².